The fraction of sp³-hybridized carbons (Fsp3) is 0. The molecule has 9 heavy (non-hydrogen) atoms. The second-order valence-corrected chi connectivity index (χ2v) is 2.34. The number of benzene rings is 1. The Balaban J connectivity index is 0.000000640. The van der Waals surface area contributed by atoms with Crippen LogP contribution in [0, 0.1) is 0 Å². The Morgan fingerprint density at radius 2 is 1.78 bits per heavy atom. The molecular weight excluding hydrogens is 175 g/mol. The third kappa shape index (κ3) is 2.48. The second-order valence-electron chi connectivity index (χ2n) is 1.45. The molecule has 0 fully saturated rings. The lowest BCUT2D eigenvalue weighted by atomic mass is 10.4. The summed E-state index contributed by atoms with van der Waals surface area (Å²) in [6.07, 6.45) is 0. The highest BCUT2D eigenvalue weighted by Gasteiger charge is 1.87. The maximum Gasteiger partial charge on any atom is 0.0539 e. The maximum absolute atomic E-state index is 5.63. The SMILES string of the molecule is Cl.Sc1ccccc1Cl. The van der Waals surface area contributed by atoms with Gasteiger partial charge in [0.25, 0.3) is 0 Å². The minimum absolute atomic E-state index is 0. The van der Waals surface area contributed by atoms with Crippen molar-refractivity contribution in [2.75, 3.05) is 0 Å². The van der Waals surface area contributed by atoms with E-state index in [0.29, 0.717) is 5.02 Å². The number of rotatable bonds is 0. The van der Waals surface area contributed by atoms with E-state index in [-0.39, 0.29) is 12.4 Å². The van der Waals surface area contributed by atoms with Crippen LogP contribution in [0.25, 0.3) is 0 Å². The average molecular weight is 181 g/mol. The molecule has 0 radical (unpaired) electrons. The Labute approximate surface area is 71.0 Å². The summed E-state index contributed by atoms with van der Waals surface area (Å²) in [6, 6.07) is 7.44. The van der Waals surface area contributed by atoms with Crippen LogP contribution in [0.4, 0.5) is 0 Å². The molecule has 0 aliphatic heterocycles. The van der Waals surface area contributed by atoms with Crippen molar-refractivity contribution < 1.29 is 0 Å². The Bertz CT molecular complexity index is 167. The molecule has 0 saturated heterocycles. The van der Waals surface area contributed by atoms with Gasteiger partial charge in [-0.3, -0.25) is 0 Å². The molecule has 0 spiro atoms. The molecule has 0 saturated carbocycles. The standard InChI is InChI=1S/C6H5ClS.ClH/c7-5-3-1-2-4-6(5)8;/h1-4,8H;1H. The zero-order chi connectivity index (χ0) is 5.98. The van der Waals surface area contributed by atoms with Gasteiger partial charge in [-0.15, -0.1) is 25.0 Å². The summed E-state index contributed by atoms with van der Waals surface area (Å²) in [6.45, 7) is 0. The molecule has 1 rings (SSSR count). The van der Waals surface area contributed by atoms with Gasteiger partial charge in [0.05, 0.1) is 5.02 Å². The maximum atomic E-state index is 5.63. The molecule has 0 aromatic heterocycles. The molecule has 0 amide bonds. The van der Waals surface area contributed by atoms with Gasteiger partial charge < -0.3 is 0 Å². The molecule has 0 aliphatic carbocycles. The monoisotopic (exact) mass is 180 g/mol. The minimum Gasteiger partial charge on any atom is -0.147 e. The summed E-state index contributed by atoms with van der Waals surface area (Å²) in [4.78, 5) is 0.828. The first-order chi connectivity index (χ1) is 3.80. The van der Waals surface area contributed by atoms with E-state index >= 15 is 0 Å². The molecule has 1 aromatic rings. The van der Waals surface area contributed by atoms with E-state index in [1.165, 1.54) is 0 Å². The highest BCUT2D eigenvalue weighted by atomic mass is 35.5. The lowest BCUT2D eigenvalue weighted by Gasteiger charge is -1.90. The van der Waals surface area contributed by atoms with Crippen LogP contribution in [0.5, 0.6) is 0 Å². The van der Waals surface area contributed by atoms with E-state index in [4.69, 9.17) is 11.6 Å². The first kappa shape index (κ1) is 9.15. The smallest absolute Gasteiger partial charge is 0.0539 e. The van der Waals surface area contributed by atoms with Crippen molar-refractivity contribution in [3.05, 3.63) is 29.3 Å². The molecule has 0 bridgehead atoms. The first-order valence-electron chi connectivity index (χ1n) is 2.24. The van der Waals surface area contributed by atoms with Crippen molar-refractivity contribution >= 4 is 36.6 Å². The number of hydrogen-bond acceptors (Lipinski definition) is 1. The van der Waals surface area contributed by atoms with Crippen LogP contribution >= 0.6 is 36.6 Å². The van der Waals surface area contributed by atoms with Gasteiger partial charge >= 0.3 is 0 Å². The summed E-state index contributed by atoms with van der Waals surface area (Å²) in [7, 11) is 0. The number of hydrogen-bond donors (Lipinski definition) is 1. The van der Waals surface area contributed by atoms with Crippen LogP contribution < -0.4 is 0 Å². The van der Waals surface area contributed by atoms with Crippen molar-refractivity contribution in [2.45, 2.75) is 4.90 Å². The molecule has 0 nitrogen and oxygen atoms in total. The molecule has 50 valence electrons. The fourth-order valence-electron chi connectivity index (χ4n) is 0.452. The number of halogens is 2. The van der Waals surface area contributed by atoms with Crippen LogP contribution in [-0.4, -0.2) is 0 Å². The molecule has 3 heteroatoms. The van der Waals surface area contributed by atoms with Crippen molar-refractivity contribution in [2.24, 2.45) is 0 Å². The zero-order valence-corrected chi connectivity index (χ0v) is 7.01. The average Bonchev–Trinajstić information content (AvgIpc) is 1.77. The van der Waals surface area contributed by atoms with Gasteiger partial charge in [-0.25, -0.2) is 0 Å². The molecule has 0 aliphatic rings. The lowest BCUT2D eigenvalue weighted by Crippen LogP contribution is -1.63. The number of thiol groups is 1. The van der Waals surface area contributed by atoms with Gasteiger partial charge in [0, 0.05) is 4.90 Å². The van der Waals surface area contributed by atoms with Crippen LogP contribution in [0.1, 0.15) is 0 Å². The Kier molecular flexibility index (Phi) is 4.11. The predicted octanol–water partition coefficient (Wildman–Crippen LogP) is 3.05. The fourth-order valence-corrected chi connectivity index (χ4v) is 0.748. The van der Waals surface area contributed by atoms with E-state index in [9.17, 15) is 0 Å². The van der Waals surface area contributed by atoms with Gasteiger partial charge in [-0.05, 0) is 12.1 Å². The summed E-state index contributed by atoms with van der Waals surface area (Å²) in [5.74, 6) is 0. The zero-order valence-electron chi connectivity index (χ0n) is 4.54. The van der Waals surface area contributed by atoms with Crippen molar-refractivity contribution in [1.82, 2.24) is 0 Å². The highest BCUT2D eigenvalue weighted by Crippen LogP contribution is 2.17. The first-order valence-corrected chi connectivity index (χ1v) is 3.07. The summed E-state index contributed by atoms with van der Waals surface area (Å²) >= 11 is 9.70. The summed E-state index contributed by atoms with van der Waals surface area (Å²) < 4.78 is 0. The topological polar surface area (TPSA) is 0 Å². The third-order valence-corrected chi connectivity index (χ3v) is 1.70. The molecule has 0 atom stereocenters. The third-order valence-electron chi connectivity index (χ3n) is 0.852. The van der Waals surface area contributed by atoms with E-state index in [1.54, 1.807) is 0 Å². The Hall–Kier alpha value is 0.150. The minimum atomic E-state index is 0. The largest absolute Gasteiger partial charge is 0.147 e. The molecule has 0 unspecified atom stereocenters. The molecule has 0 heterocycles. The van der Waals surface area contributed by atoms with Gasteiger partial charge in [0.1, 0.15) is 0 Å². The van der Waals surface area contributed by atoms with E-state index < -0.39 is 0 Å². The highest BCUT2D eigenvalue weighted by molar-refractivity contribution is 7.80. The van der Waals surface area contributed by atoms with Crippen molar-refractivity contribution in [1.29, 1.82) is 0 Å². The normalized spacial score (nSPS) is 8.22. The van der Waals surface area contributed by atoms with Crippen LogP contribution in [0.2, 0.25) is 5.02 Å². The van der Waals surface area contributed by atoms with Crippen LogP contribution in [0.15, 0.2) is 29.2 Å². The van der Waals surface area contributed by atoms with Gasteiger partial charge in [-0.1, -0.05) is 23.7 Å². The summed E-state index contributed by atoms with van der Waals surface area (Å²) in [5, 5.41) is 0.704. The predicted molar refractivity (Wildman–Crippen MR) is 46.0 cm³/mol. The lowest BCUT2D eigenvalue weighted by molar-refractivity contribution is 1.48. The quantitative estimate of drug-likeness (QED) is 0.584. The van der Waals surface area contributed by atoms with E-state index in [0.717, 1.165) is 4.90 Å². The van der Waals surface area contributed by atoms with Gasteiger partial charge in [-0.2, -0.15) is 0 Å². The second kappa shape index (κ2) is 4.04. The van der Waals surface area contributed by atoms with Crippen molar-refractivity contribution in [3.63, 3.8) is 0 Å². The van der Waals surface area contributed by atoms with Gasteiger partial charge in [0.15, 0.2) is 0 Å². The Morgan fingerprint density at radius 1 is 1.22 bits per heavy atom. The van der Waals surface area contributed by atoms with Crippen molar-refractivity contribution in [3.8, 4) is 0 Å². The van der Waals surface area contributed by atoms with Gasteiger partial charge in [0.2, 0.25) is 0 Å². The van der Waals surface area contributed by atoms with E-state index in [1.807, 2.05) is 24.3 Å². The molecule has 0 N–H and O–H groups in total. The Morgan fingerprint density at radius 3 is 2.11 bits per heavy atom. The van der Waals surface area contributed by atoms with E-state index in [2.05, 4.69) is 12.6 Å². The molecular formula is C6H6Cl2S. The molecule has 1 aromatic carbocycles. The summed E-state index contributed by atoms with van der Waals surface area (Å²) in [5.41, 5.74) is 0. The van der Waals surface area contributed by atoms with Crippen LogP contribution in [0.3, 0.4) is 0 Å². The van der Waals surface area contributed by atoms with Crippen LogP contribution in [-0.2, 0) is 0 Å².